The molecule has 84 valence electrons. The quantitative estimate of drug-likeness (QED) is 0.631. The minimum Gasteiger partial charge on any atom is -0.460 e. The zero-order valence-electron chi connectivity index (χ0n) is 9.25. The van der Waals surface area contributed by atoms with Crippen molar-refractivity contribution >= 4 is 11.9 Å². The lowest BCUT2D eigenvalue weighted by molar-refractivity contribution is 0.112. The first kappa shape index (κ1) is 9.84. The fourth-order valence-electron chi connectivity index (χ4n) is 1.77. The summed E-state index contributed by atoms with van der Waals surface area (Å²) in [7, 11) is 0. The van der Waals surface area contributed by atoms with Gasteiger partial charge >= 0.3 is 0 Å². The van der Waals surface area contributed by atoms with Crippen molar-refractivity contribution in [3.05, 3.63) is 48.0 Å². The van der Waals surface area contributed by atoms with Crippen LogP contribution in [0.4, 0.5) is 0 Å². The molecule has 0 unspecified atom stereocenters. The SMILES string of the molecule is Cc1ccc(-c2cn3cc(C=O)ccc3n2)o1. The Bertz CT molecular complexity index is 694. The molecule has 17 heavy (non-hydrogen) atoms. The predicted octanol–water partition coefficient (Wildman–Crippen LogP) is 2.72. The Morgan fingerprint density at radius 3 is 2.82 bits per heavy atom. The molecule has 0 aliphatic rings. The van der Waals surface area contributed by atoms with Crippen LogP contribution in [-0.2, 0) is 0 Å². The lowest BCUT2D eigenvalue weighted by atomic mass is 10.3. The maximum atomic E-state index is 10.7. The Kier molecular flexibility index (Phi) is 2.08. The molecule has 4 nitrogen and oxygen atoms in total. The van der Waals surface area contributed by atoms with Gasteiger partial charge < -0.3 is 8.82 Å². The highest BCUT2D eigenvalue weighted by Gasteiger charge is 2.07. The lowest BCUT2D eigenvalue weighted by Crippen LogP contribution is -1.86. The van der Waals surface area contributed by atoms with E-state index in [0.717, 1.165) is 29.1 Å². The number of aldehydes is 1. The summed E-state index contributed by atoms with van der Waals surface area (Å²) in [5.74, 6) is 1.59. The molecule has 0 saturated carbocycles. The maximum Gasteiger partial charge on any atom is 0.154 e. The molecule has 0 bridgehead atoms. The van der Waals surface area contributed by atoms with E-state index in [1.54, 1.807) is 12.3 Å². The molecule has 3 rings (SSSR count). The van der Waals surface area contributed by atoms with Gasteiger partial charge in [0.1, 0.15) is 17.1 Å². The van der Waals surface area contributed by atoms with Gasteiger partial charge in [-0.1, -0.05) is 0 Å². The number of pyridine rings is 1. The molecule has 0 N–H and O–H groups in total. The molecule has 0 spiro atoms. The number of aryl methyl sites for hydroxylation is 1. The highest BCUT2D eigenvalue weighted by molar-refractivity contribution is 5.75. The van der Waals surface area contributed by atoms with Crippen LogP contribution >= 0.6 is 0 Å². The standard InChI is InChI=1S/C13H10N2O2/c1-9-2-4-12(17-9)11-7-15-6-10(8-16)3-5-13(15)14-11/h2-8H,1H3. The summed E-state index contributed by atoms with van der Waals surface area (Å²) in [6, 6.07) is 7.34. The van der Waals surface area contributed by atoms with E-state index in [2.05, 4.69) is 4.98 Å². The van der Waals surface area contributed by atoms with E-state index < -0.39 is 0 Å². The second kappa shape index (κ2) is 3.59. The van der Waals surface area contributed by atoms with Gasteiger partial charge in [-0.15, -0.1) is 0 Å². The average molecular weight is 226 g/mol. The zero-order valence-corrected chi connectivity index (χ0v) is 9.25. The molecule has 0 saturated heterocycles. The van der Waals surface area contributed by atoms with E-state index in [9.17, 15) is 4.79 Å². The molecule has 4 heteroatoms. The van der Waals surface area contributed by atoms with Crippen LogP contribution in [0, 0.1) is 6.92 Å². The van der Waals surface area contributed by atoms with Gasteiger partial charge in [-0.25, -0.2) is 4.98 Å². The normalized spacial score (nSPS) is 10.9. The molecule has 0 aliphatic heterocycles. The van der Waals surface area contributed by atoms with Crippen LogP contribution < -0.4 is 0 Å². The van der Waals surface area contributed by atoms with Gasteiger partial charge in [0.25, 0.3) is 0 Å². The van der Waals surface area contributed by atoms with Crippen molar-refractivity contribution in [1.82, 2.24) is 9.38 Å². The minimum atomic E-state index is 0.622. The molecule has 3 aromatic rings. The van der Waals surface area contributed by atoms with Crippen molar-refractivity contribution in [3.63, 3.8) is 0 Å². The number of nitrogens with zero attached hydrogens (tertiary/aromatic N) is 2. The van der Waals surface area contributed by atoms with Crippen LogP contribution in [0.5, 0.6) is 0 Å². The number of fused-ring (bicyclic) bond motifs is 1. The number of hydrogen-bond acceptors (Lipinski definition) is 3. The number of carbonyl (C=O) groups is 1. The first-order chi connectivity index (χ1) is 8.26. The van der Waals surface area contributed by atoms with Crippen molar-refractivity contribution in [2.45, 2.75) is 6.92 Å². The van der Waals surface area contributed by atoms with Crippen LogP contribution in [0.25, 0.3) is 17.1 Å². The van der Waals surface area contributed by atoms with Crippen LogP contribution in [0.1, 0.15) is 16.1 Å². The molecular weight excluding hydrogens is 216 g/mol. The third-order valence-corrected chi connectivity index (χ3v) is 2.60. The van der Waals surface area contributed by atoms with E-state index >= 15 is 0 Å². The van der Waals surface area contributed by atoms with Crippen LogP contribution in [0.3, 0.4) is 0 Å². The van der Waals surface area contributed by atoms with Gasteiger partial charge in [0, 0.05) is 18.0 Å². The Labute approximate surface area is 97.5 Å². The van der Waals surface area contributed by atoms with Gasteiger partial charge in [0.15, 0.2) is 12.0 Å². The van der Waals surface area contributed by atoms with Crippen molar-refractivity contribution in [2.24, 2.45) is 0 Å². The van der Waals surface area contributed by atoms with Gasteiger partial charge in [-0.3, -0.25) is 4.79 Å². The molecule has 0 fully saturated rings. The number of imidazole rings is 1. The van der Waals surface area contributed by atoms with Gasteiger partial charge in [0.2, 0.25) is 0 Å². The minimum absolute atomic E-state index is 0.622. The highest BCUT2D eigenvalue weighted by atomic mass is 16.3. The highest BCUT2D eigenvalue weighted by Crippen LogP contribution is 2.21. The molecular formula is C13H10N2O2. The number of rotatable bonds is 2. The number of carbonyl (C=O) groups excluding carboxylic acids is 1. The Morgan fingerprint density at radius 1 is 1.24 bits per heavy atom. The largest absolute Gasteiger partial charge is 0.460 e. The molecule has 0 atom stereocenters. The van der Waals surface area contributed by atoms with Gasteiger partial charge in [-0.05, 0) is 31.2 Å². The molecule has 3 heterocycles. The molecule has 0 radical (unpaired) electrons. The lowest BCUT2D eigenvalue weighted by Gasteiger charge is -1.92. The summed E-state index contributed by atoms with van der Waals surface area (Å²) in [5, 5.41) is 0. The summed E-state index contributed by atoms with van der Waals surface area (Å²) < 4.78 is 7.33. The predicted molar refractivity (Wildman–Crippen MR) is 63.0 cm³/mol. The number of hydrogen-bond donors (Lipinski definition) is 0. The Hall–Kier alpha value is -2.36. The summed E-state index contributed by atoms with van der Waals surface area (Å²) in [4.78, 5) is 15.1. The third-order valence-electron chi connectivity index (χ3n) is 2.60. The van der Waals surface area contributed by atoms with Crippen LogP contribution in [-0.4, -0.2) is 15.7 Å². The van der Waals surface area contributed by atoms with E-state index in [0.29, 0.717) is 5.56 Å². The van der Waals surface area contributed by atoms with Gasteiger partial charge in [-0.2, -0.15) is 0 Å². The van der Waals surface area contributed by atoms with Crippen LogP contribution in [0.2, 0.25) is 0 Å². The zero-order chi connectivity index (χ0) is 11.8. The van der Waals surface area contributed by atoms with Gasteiger partial charge in [0.05, 0.1) is 0 Å². The van der Waals surface area contributed by atoms with E-state index in [-0.39, 0.29) is 0 Å². The first-order valence-corrected chi connectivity index (χ1v) is 5.27. The fourth-order valence-corrected chi connectivity index (χ4v) is 1.77. The topological polar surface area (TPSA) is 47.5 Å². The molecule has 0 aliphatic carbocycles. The number of aromatic nitrogens is 2. The summed E-state index contributed by atoms with van der Waals surface area (Å²) in [5.41, 5.74) is 2.18. The van der Waals surface area contributed by atoms with Crippen molar-refractivity contribution in [2.75, 3.05) is 0 Å². The second-order valence-corrected chi connectivity index (χ2v) is 3.88. The summed E-state index contributed by atoms with van der Waals surface area (Å²) in [6.45, 7) is 1.89. The van der Waals surface area contributed by atoms with Crippen molar-refractivity contribution in [1.29, 1.82) is 0 Å². The second-order valence-electron chi connectivity index (χ2n) is 3.88. The third kappa shape index (κ3) is 1.63. The Balaban J connectivity index is 2.16. The van der Waals surface area contributed by atoms with E-state index in [1.165, 1.54) is 0 Å². The smallest absolute Gasteiger partial charge is 0.154 e. The average Bonchev–Trinajstić information content (AvgIpc) is 2.93. The van der Waals surface area contributed by atoms with Crippen molar-refractivity contribution < 1.29 is 9.21 Å². The number of furan rings is 1. The molecule has 3 aromatic heterocycles. The monoisotopic (exact) mass is 226 g/mol. The summed E-state index contributed by atoms with van der Waals surface area (Å²) in [6.07, 6.45) is 4.41. The Morgan fingerprint density at radius 2 is 2.12 bits per heavy atom. The molecule has 0 amide bonds. The fraction of sp³-hybridized carbons (Fsp3) is 0.0769. The maximum absolute atomic E-state index is 10.7. The first-order valence-electron chi connectivity index (χ1n) is 5.27. The van der Waals surface area contributed by atoms with E-state index in [4.69, 9.17) is 4.42 Å². The molecule has 0 aromatic carbocycles. The summed E-state index contributed by atoms with van der Waals surface area (Å²) >= 11 is 0. The van der Waals surface area contributed by atoms with E-state index in [1.807, 2.05) is 35.7 Å². The van der Waals surface area contributed by atoms with Crippen LogP contribution in [0.15, 0.2) is 41.1 Å². The van der Waals surface area contributed by atoms with Crippen molar-refractivity contribution in [3.8, 4) is 11.5 Å².